The molecule has 0 spiro atoms. The molecule has 1 unspecified atom stereocenters. The van der Waals surface area contributed by atoms with E-state index in [-0.39, 0.29) is 28.5 Å². The maximum absolute atomic E-state index is 13.2. The smallest absolute Gasteiger partial charge is 0.266 e. The lowest BCUT2D eigenvalue weighted by molar-refractivity contribution is -0.130. The molecular weight excluding hydrogens is 394 g/mol. The van der Waals surface area contributed by atoms with Crippen molar-refractivity contribution in [1.29, 1.82) is 0 Å². The Hall–Kier alpha value is -2.71. The number of benzene rings is 2. The molecule has 6 nitrogen and oxygen atoms in total. The molecule has 3 rings (SSSR count). The van der Waals surface area contributed by atoms with E-state index in [1.54, 1.807) is 35.5 Å². The zero-order valence-corrected chi connectivity index (χ0v) is 17.2. The van der Waals surface area contributed by atoms with Crippen LogP contribution in [0.3, 0.4) is 0 Å². The molecule has 0 saturated carbocycles. The lowest BCUT2D eigenvalue weighted by atomic mass is 10.1. The van der Waals surface area contributed by atoms with E-state index in [0.29, 0.717) is 0 Å². The summed E-state index contributed by atoms with van der Waals surface area (Å²) in [7, 11) is -2.23. The highest BCUT2D eigenvalue weighted by Crippen LogP contribution is 2.26. The second-order valence-corrected chi connectivity index (χ2v) is 8.97. The van der Waals surface area contributed by atoms with Crippen LogP contribution in [0, 0.1) is 0 Å². The van der Waals surface area contributed by atoms with Crippen molar-refractivity contribution in [3.05, 3.63) is 77.8 Å². The molecule has 0 aliphatic carbocycles. The van der Waals surface area contributed by atoms with Crippen LogP contribution in [0.1, 0.15) is 18.5 Å². The fourth-order valence-electron chi connectivity index (χ4n) is 2.72. The van der Waals surface area contributed by atoms with Crippen molar-refractivity contribution in [2.24, 2.45) is 0 Å². The van der Waals surface area contributed by atoms with E-state index >= 15 is 0 Å². The summed E-state index contributed by atoms with van der Waals surface area (Å²) in [4.78, 5) is 18.7. The van der Waals surface area contributed by atoms with E-state index in [0.717, 1.165) is 9.87 Å². The van der Waals surface area contributed by atoms with Crippen molar-refractivity contribution < 1.29 is 13.2 Å². The Kier molecular flexibility index (Phi) is 6.11. The first kappa shape index (κ1) is 20.0. The van der Waals surface area contributed by atoms with Crippen LogP contribution in [-0.4, -0.2) is 37.8 Å². The van der Waals surface area contributed by atoms with E-state index in [4.69, 9.17) is 0 Å². The summed E-state index contributed by atoms with van der Waals surface area (Å²) in [6, 6.07) is 17.5. The van der Waals surface area contributed by atoms with Crippen molar-refractivity contribution in [2.75, 3.05) is 17.9 Å². The molecule has 1 atom stereocenters. The molecule has 146 valence electrons. The van der Waals surface area contributed by atoms with Crippen molar-refractivity contribution in [3.63, 3.8) is 0 Å². The number of hydrogen-bond donors (Lipinski definition) is 0. The Bertz CT molecular complexity index is 1010. The molecular formula is C20H21N3O3S2. The van der Waals surface area contributed by atoms with Gasteiger partial charge in [0.15, 0.2) is 5.13 Å². The summed E-state index contributed by atoms with van der Waals surface area (Å²) < 4.78 is 27.4. The normalized spacial score (nSPS) is 12.4. The lowest BCUT2D eigenvalue weighted by Gasteiger charge is -2.28. The molecule has 28 heavy (non-hydrogen) atoms. The number of thiazole rings is 1. The maximum Gasteiger partial charge on any atom is 0.266 e. The Balaban J connectivity index is 1.87. The average molecular weight is 416 g/mol. The number of anilines is 1. The van der Waals surface area contributed by atoms with Gasteiger partial charge in [-0.3, -0.25) is 4.79 Å². The summed E-state index contributed by atoms with van der Waals surface area (Å²) >= 11 is 1.18. The third-order valence-electron chi connectivity index (χ3n) is 4.50. The Morgan fingerprint density at radius 2 is 1.68 bits per heavy atom. The van der Waals surface area contributed by atoms with Crippen LogP contribution in [0.4, 0.5) is 5.13 Å². The van der Waals surface area contributed by atoms with Crippen molar-refractivity contribution >= 4 is 32.4 Å². The molecule has 0 saturated heterocycles. The molecule has 0 radical (unpaired) electrons. The number of carbonyl (C=O) groups is 1. The fourth-order valence-corrected chi connectivity index (χ4v) is 4.98. The van der Waals surface area contributed by atoms with Crippen LogP contribution < -0.4 is 4.31 Å². The van der Waals surface area contributed by atoms with Gasteiger partial charge in [-0.1, -0.05) is 48.5 Å². The van der Waals surface area contributed by atoms with Gasteiger partial charge in [-0.05, 0) is 24.6 Å². The zero-order valence-electron chi connectivity index (χ0n) is 15.6. The second kappa shape index (κ2) is 8.53. The molecule has 8 heteroatoms. The highest BCUT2D eigenvalue weighted by Gasteiger charge is 2.30. The van der Waals surface area contributed by atoms with Crippen molar-refractivity contribution in [2.45, 2.75) is 17.9 Å². The van der Waals surface area contributed by atoms with E-state index < -0.39 is 10.0 Å². The molecule has 3 aromatic rings. The first-order valence-corrected chi connectivity index (χ1v) is 11.0. The summed E-state index contributed by atoms with van der Waals surface area (Å²) in [5.41, 5.74) is 0.977. The summed E-state index contributed by atoms with van der Waals surface area (Å²) in [5.74, 6) is -0.314. The number of sulfonamides is 1. The summed E-state index contributed by atoms with van der Waals surface area (Å²) in [6.45, 7) is 1.59. The van der Waals surface area contributed by atoms with Gasteiger partial charge >= 0.3 is 0 Å². The topological polar surface area (TPSA) is 70.6 Å². The quantitative estimate of drug-likeness (QED) is 0.592. The van der Waals surface area contributed by atoms with Gasteiger partial charge in [0.1, 0.15) is 6.54 Å². The highest BCUT2D eigenvalue weighted by atomic mass is 32.2. The number of aromatic nitrogens is 1. The molecule has 1 aromatic heterocycles. The van der Waals surface area contributed by atoms with Crippen LogP contribution in [0.15, 0.2) is 77.1 Å². The number of likely N-dealkylation sites (N-methyl/N-ethyl adjacent to an activating group) is 1. The molecule has 1 heterocycles. The zero-order chi connectivity index (χ0) is 20.1. The van der Waals surface area contributed by atoms with E-state index in [2.05, 4.69) is 4.98 Å². The van der Waals surface area contributed by atoms with Crippen molar-refractivity contribution in [1.82, 2.24) is 9.88 Å². The number of carbonyl (C=O) groups excluding carboxylic acids is 1. The third kappa shape index (κ3) is 4.23. The lowest BCUT2D eigenvalue weighted by Crippen LogP contribution is -2.42. The summed E-state index contributed by atoms with van der Waals surface area (Å²) in [5, 5.41) is 1.95. The predicted molar refractivity (Wildman–Crippen MR) is 111 cm³/mol. The van der Waals surface area contributed by atoms with Crippen LogP contribution in [0.5, 0.6) is 0 Å². The molecule has 0 aliphatic rings. The van der Waals surface area contributed by atoms with E-state index in [1.807, 2.05) is 37.3 Å². The molecule has 2 aromatic carbocycles. The van der Waals surface area contributed by atoms with Crippen molar-refractivity contribution in [3.8, 4) is 0 Å². The predicted octanol–water partition coefficient (Wildman–Crippen LogP) is 3.56. The van der Waals surface area contributed by atoms with Crippen LogP contribution >= 0.6 is 11.3 Å². The van der Waals surface area contributed by atoms with Crippen LogP contribution in [-0.2, 0) is 14.8 Å². The van der Waals surface area contributed by atoms with Gasteiger partial charge < -0.3 is 4.90 Å². The number of rotatable bonds is 7. The van der Waals surface area contributed by atoms with Crippen LogP contribution in [0.25, 0.3) is 0 Å². The van der Waals surface area contributed by atoms with Gasteiger partial charge in [0.05, 0.1) is 10.9 Å². The first-order valence-electron chi connectivity index (χ1n) is 8.69. The van der Waals surface area contributed by atoms with E-state index in [9.17, 15) is 13.2 Å². The largest absolute Gasteiger partial charge is 0.337 e. The van der Waals surface area contributed by atoms with Gasteiger partial charge in [-0.2, -0.15) is 0 Å². The van der Waals surface area contributed by atoms with E-state index in [1.165, 1.54) is 29.7 Å². The minimum atomic E-state index is -3.91. The van der Waals surface area contributed by atoms with Crippen LogP contribution in [0.2, 0.25) is 0 Å². The molecule has 0 fully saturated rings. The minimum absolute atomic E-state index is 0.122. The van der Waals surface area contributed by atoms with Gasteiger partial charge in [0.25, 0.3) is 10.0 Å². The standard InChI is InChI=1S/C20H21N3O3S2/c1-16(17-9-5-3-6-10-17)22(2)19(24)15-23(20-21-13-14-27-20)28(25,26)18-11-7-4-8-12-18/h3-14,16H,15H2,1-2H3. The first-order chi connectivity index (χ1) is 13.4. The molecule has 0 N–H and O–H groups in total. The minimum Gasteiger partial charge on any atom is -0.337 e. The SMILES string of the molecule is CC(c1ccccc1)N(C)C(=O)CN(c1nccs1)S(=O)(=O)c1ccccc1. The van der Waals surface area contributed by atoms with Gasteiger partial charge in [-0.15, -0.1) is 11.3 Å². The Morgan fingerprint density at radius 1 is 1.07 bits per heavy atom. The number of amides is 1. The van der Waals surface area contributed by atoms with Gasteiger partial charge in [0.2, 0.25) is 5.91 Å². The van der Waals surface area contributed by atoms with Gasteiger partial charge in [-0.25, -0.2) is 17.7 Å². The number of hydrogen-bond acceptors (Lipinski definition) is 5. The number of nitrogens with zero attached hydrogens (tertiary/aromatic N) is 3. The fraction of sp³-hybridized carbons (Fsp3) is 0.200. The van der Waals surface area contributed by atoms with Gasteiger partial charge in [0, 0.05) is 18.6 Å². The molecule has 1 amide bonds. The second-order valence-electron chi connectivity index (χ2n) is 6.23. The third-order valence-corrected chi connectivity index (χ3v) is 7.16. The average Bonchev–Trinajstić information content (AvgIpc) is 3.26. The monoisotopic (exact) mass is 415 g/mol. The molecule has 0 aliphatic heterocycles. The Morgan fingerprint density at radius 3 is 2.25 bits per heavy atom. The highest BCUT2D eigenvalue weighted by molar-refractivity contribution is 7.93. The maximum atomic E-state index is 13.2. The molecule has 0 bridgehead atoms. The Labute approximate surface area is 169 Å². The summed E-state index contributed by atoms with van der Waals surface area (Å²) in [6.07, 6.45) is 1.52.